The Kier molecular flexibility index (Phi) is 8.83. The highest BCUT2D eigenvalue weighted by Crippen LogP contribution is 2.34. The maximum absolute atomic E-state index is 12.6. The van der Waals surface area contributed by atoms with E-state index in [1.165, 1.54) is 24.5 Å². The summed E-state index contributed by atoms with van der Waals surface area (Å²) in [5.74, 6) is 1.29. The van der Waals surface area contributed by atoms with Crippen LogP contribution in [0.4, 0.5) is 5.13 Å². The van der Waals surface area contributed by atoms with Crippen molar-refractivity contribution in [1.29, 1.82) is 5.26 Å². The lowest BCUT2D eigenvalue weighted by molar-refractivity contribution is -0.112. The molecule has 2 aromatic carbocycles. The van der Waals surface area contributed by atoms with Crippen molar-refractivity contribution in [2.24, 2.45) is 0 Å². The lowest BCUT2D eigenvalue weighted by atomic mass is 10.0. The van der Waals surface area contributed by atoms with E-state index in [4.69, 9.17) is 14.2 Å². The molecule has 34 heavy (non-hydrogen) atoms. The van der Waals surface area contributed by atoms with Crippen molar-refractivity contribution in [3.05, 3.63) is 82.9 Å². The molecule has 1 amide bonds. The Morgan fingerprint density at radius 2 is 2.00 bits per heavy atom. The molecule has 0 unspecified atom stereocenters. The zero-order chi connectivity index (χ0) is 24.3. The molecule has 0 aliphatic rings. The number of thiazole rings is 1. The number of anilines is 1. The van der Waals surface area contributed by atoms with E-state index in [2.05, 4.69) is 16.9 Å². The van der Waals surface area contributed by atoms with Gasteiger partial charge in [0.25, 0.3) is 5.91 Å². The molecule has 0 atom stereocenters. The molecule has 0 radical (unpaired) electrons. The van der Waals surface area contributed by atoms with Crippen molar-refractivity contribution >= 4 is 28.5 Å². The van der Waals surface area contributed by atoms with Gasteiger partial charge in [0.15, 0.2) is 16.6 Å². The molecule has 0 saturated carbocycles. The third-order valence-electron chi connectivity index (χ3n) is 4.60. The Bertz CT molecular complexity index is 1210. The molecule has 0 spiro atoms. The number of allylic oxidation sites excluding steroid dienone is 1. The van der Waals surface area contributed by atoms with Gasteiger partial charge in [0.2, 0.25) is 0 Å². The fourth-order valence-corrected chi connectivity index (χ4v) is 3.78. The van der Waals surface area contributed by atoms with Crippen LogP contribution in [0.25, 0.3) is 6.08 Å². The molecular weight excluding hydrogens is 450 g/mol. The van der Waals surface area contributed by atoms with Crippen molar-refractivity contribution in [2.75, 3.05) is 25.6 Å². The van der Waals surface area contributed by atoms with Gasteiger partial charge < -0.3 is 14.2 Å². The maximum Gasteiger partial charge on any atom is 0.268 e. The normalized spacial score (nSPS) is 10.8. The van der Waals surface area contributed by atoms with E-state index in [0.717, 1.165) is 17.0 Å². The Balaban J connectivity index is 1.78. The van der Waals surface area contributed by atoms with Crippen LogP contribution in [0.1, 0.15) is 16.8 Å². The number of nitrogens with zero attached hydrogens (tertiary/aromatic N) is 2. The zero-order valence-electron chi connectivity index (χ0n) is 19.0. The molecule has 1 aromatic heterocycles. The molecule has 1 heterocycles. The van der Waals surface area contributed by atoms with Crippen molar-refractivity contribution in [3.8, 4) is 23.3 Å². The van der Waals surface area contributed by atoms with E-state index in [1.807, 2.05) is 54.8 Å². The summed E-state index contributed by atoms with van der Waals surface area (Å²) < 4.78 is 17.2. The molecule has 0 saturated heterocycles. The molecule has 0 aliphatic carbocycles. The second-order valence-corrected chi connectivity index (χ2v) is 7.99. The molecule has 0 fully saturated rings. The number of carbonyl (C=O) groups excluding carboxylic acids is 1. The van der Waals surface area contributed by atoms with Crippen molar-refractivity contribution in [2.45, 2.75) is 13.3 Å². The van der Waals surface area contributed by atoms with Crippen LogP contribution in [-0.4, -0.2) is 31.2 Å². The Labute approximate surface area is 202 Å². The summed E-state index contributed by atoms with van der Waals surface area (Å²) in [7, 11) is 1.54. The molecule has 3 rings (SSSR count). The first-order chi connectivity index (χ1) is 16.5. The predicted molar refractivity (Wildman–Crippen MR) is 133 cm³/mol. The average Bonchev–Trinajstić information content (AvgIpc) is 3.25. The number of ether oxygens (including phenoxy) is 3. The molecular formula is C26H25N3O4S. The minimum atomic E-state index is -0.528. The number of para-hydroxylation sites is 1. The standard InChI is InChI=1S/C26H25N3O4S/c1-4-8-20-13-19(14-21(16-27)25(30)29-26-28-18(2)17-34-26)15-23(31-3)24(20)33-12-11-32-22-9-6-5-7-10-22/h4-7,9-10,13-15,17H,1,8,11-12H2,2-3H3,(H,28,29,30)/b21-14-. The van der Waals surface area contributed by atoms with E-state index in [-0.39, 0.29) is 5.57 Å². The van der Waals surface area contributed by atoms with Crippen LogP contribution in [0.5, 0.6) is 17.2 Å². The number of aryl methyl sites for hydroxylation is 1. The smallest absolute Gasteiger partial charge is 0.268 e. The lowest BCUT2D eigenvalue weighted by Gasteiger charge is -2.16. The van der Waals surface area contributed by atoms with Gasteiger partial charge in [0, 0.05) is 10.9 Å². The Morgan fingerprint density at radius 3 is 2.65 bits per heavy atom. The minimum Gasteiger partial charge on any atom is -0.493 e. The fourth-order valence-electron chi connectivity index (χ4n) is 3.10. The number of carbonyl (C=O) groups is 1. The summed E-state index contributed by atoms with van der Waals surface area (Å²) in [4.78, 5) is 16.8. The summed E-state index contributed by atoms with van der Waals surface area (Å²) in [6.45, 7) is 6.31. The van der Waals surface area contributed by atoms with E-state index in [9.17, 15) is 10.1 Å². The van der Waals surface area contributed by atoms with E-state index in [1.54, 1.807) is 12.1 Å². The summed E-state index contributed by atoms with van der Waals surface area (Å²) in [5, 5.41) is 14.5. The van der Waals surface area contributed by atoms with Crippen LogP contribution in [0.2, 0.25) is 0 Å². The number of methoxy groups -OCH3 is 1. The van der Waals surface area contributed by atoms with Gasteiger partial charge in [-0.25, -0.2) is 4.98 Å². The Hall–Kier alpha value is -4.09. The number of hydrogen-bond donors (Lipinski definition) is 1. The summed E-state index contributed by atoms with van der Waals surface area (Å²) in [6, 6.07) is 15.0. The summed E-state index contributed by atoms with van der Waals surface area (Å²) in [5.41, 5.74) is 2.19. The SMILES string of the molecule is C=CCc1cc(/C=C(/C#N)C(=O)Nc2nc(C)cs2)cc(OC)c1OCCOc1ccccc1. The topological polar surface area (TPSA) is 93.5 Å². The molecule has 0 aliphatic heterocycles. The van der Waals surface area contributed by atoms with Gasteiger partial charge in [-0.05, 0) is 49.2 Å². The van der Waals surface area contributed by atoms with Gasteiger partial charge in [-0.1, -0.05) is 24.3 Å². The van der Waals surface area contributed by atoms with Crippen LogP contribution in [-0.2, 0) is 11.2 Å². The monoisotopic (exact) mass is 475 g/mol. The second kappa shape index (κ2) is 12.2. The first kappa shape index (κ1) is 24.6. The summed E-state index contributed by atoms with van der Waals surface area (Å²) >= 11 is 1.30. The number of nitriles is 1. The predicted octanol–water partition coefficient (Wildman–Crippen LogP) is 5.19. The van der Waals surface area contributed by atoms with Crippen LogP contribution >= 0.6 is 11.3 Å². The van der Waals surface area contributed by atoms with Crippen molar-refractivity contribution in [3.63, 3.8) is 0 Å². The molecule has 1 N–H and O–H groups in total. The molecule has 3 aromatic rings. The zero-order valence-corrected chi connectivity index (χ0v) is 19.9. The number of rotatable bonds is 11. The van der Waals surface area contributed by atoms with Crippen LogP contribution in [0.3, 0.4) is 0 Å². The highest BCUT2D eigenvalue weighted by molar-refractivity contribution is 7.13. The largest absolute Gasteiger partial charge is 0.493 e. The van der Waals surface area contributed by atoms with E-state index >= 15 is 0 Å². The molecule has 8 heteroatoms. The fraction of sp³-hybridized carbons (Fsp3) is 0.192. The van der Waals surface area contributed by atoms with Gasteiger partial charge in [0.1, 0.15) is 30.6 Å². The second-order valence-electron chi connectivity index (χ2n) is 7.13. The number of nitrogens with one attached hydrogen (secondary N) is 1. The third kappa shape index (κ3) is 6.70. The van der Waals surface area contributed by atoms with Gasteiger partial charge in [-0.15, -0.1) is 17.9 Å². The highest BCUT2D eigenvalue weighted by atomic mass is 32.1. The number of aromatic nitrogens is 1. The van der Waals surface area contributed by atoms with Crippen molar-refractivity contribution < 1.29 is 19.0 Å². The number of amides is 1. The molecule has 7 nitrogen and oxygen atoms in total. The molecule has 0 bridgehead atoms. The van der Waals surface area contributed by atoms with Gasteiger partial charge in [0.05, 0.1) is 12.8 Å². The Morgan fingerprint density at radius 1 is 1.24 bits per heavy atom. The third-order valence-corrected chi connectivity index (χ3v) is 5.47. The van der Waals surface area contributed by atoms with Crippen LogP contribution in [0.15, 0.2) is 66.1 Å². The molecule has 174 valence electrons. The van der Waals surface area contributed by atoms with Crippen LogP contribution < -0.4 is 19.5 Å². The van der Waals surface area contributed by atoms with E-state index in [0.29, 0.717) is 41.8 Å². The first-order valence-electron chi connectivity index (χ1n) is 10.5. The lowest BCUT2D eigenvalue weighted by Crippen LogP contribution is -2.13. The maximum atomic E-state index is 12.6. The minimum absolute atomic E-state index is 0.0515. The van der Waals surface area contributed by atoms with Gasteiger partial charge in [-0.3, -0.25) is 10.1 Å². The van der Waals surface area contributed by atoms with Gasteiger partial charge >= 0.3 is 0 Å². The summed E-state index contributed by atoms with van der Waals surface area (Å²) in [6.07, 6.45) is 3.77. The average molecular weight is 476 g/mol. The first-order valence-corrected chi connectivity index (χ1v) is 11.4. The van der Waals surface area contributed by atoms with Crippen molar-refractivity contribution in [1.82, 2.24) is 4.98 Å². The number of benzene rings is 2. The van der Waals surface area contributed by atoms with Crippen LogP contribution in [0, 0.1) is 18.3 Å². The quantitative estimate of drug-likeness (QED) is 0.177. The van der Waals surface area contributed by atoms with E-state index < -0.39 is 5.91 Å². The number of hydrogen-bond acceptors (Lipinski definition) is 7. The van der Waals surface area contributed by atoms with Gasteiger partial charge in [-0.2, -0.15) is 5.26 Å². The highest BCUT2D eigenvalue weighted by Gasteiger charge is 2.15.